The fraction of sp³-hybridized carbons (Fsp3) is 0.321. The maximum atomic E-state index is 13.1. The lowest BCUT2D eigenvalue weighted by molar-refractivity contribution is 0.0943. The average Bonchev–Trinajstić information content (AvgIpc) is 3.32. The molecule has 3 aliphatic carbocycles. The van der Waals surface area contributed by atoms with E-state index >= 15 is 0 Å². The maximum Gasteiger partial charge on any atom is 0.251 e. The number of nitrogens with zero attached hydrogens (tertiary/aromatic N) is 3. The number of carbonyl (C=O) groups is 1. The highest BCUT2D eigenvalue weighted by molar-refractivity contribution is 5.94. The number of allylic oxidation sites excluding steroid dienone is 2. The highest BCUT2D eigenvalue weighted by atomic mass is 16.1. The molecule has 166 valence electrons. The molecule has 0 spiro atoms. The zero-order valence-corrected chi connectivity index (χ0v) is 19.1. The lowest BCUT2D eigenvalue weighted by Gasteiger charge is -2.27. The molecule has 6 rings (SSSR count). The van der Waals surface area contributed by atoms with Gasteiger partial charge in [0.2, 0.25) is 0 Å². The van der Waals surface area contributed by atoms with Gasteiger partial charge in [-0.05, 0) is 77.8 Å². The summed E-state index contributed by atoms with van der Waals surface area (Å²) in [6.07, 6.45) is 13.5. The Kier molecular flexibility index (Phi) is 4.61. The molecule has 3 atom stereocenters. The van der Waals surface area contributed by atoms with Crippen molar-refractivity contribution < 1.29 is 4.79 Å². The number of rotatable bonds is 4. The number of hydrogen-bond donors (Lipinski definition) is 1. The van der Waals surface area contributed by atoms with Crippen LogP contribution in [0.4, 0.5) is 0 Å². The minimum Gasteiger partial charge on any atom is -0.351 e. The minimum atomic E-state index is -0.189. The van der Waals surface area contributed by atoms with Crippen molar-refractivity contribution in [2.45, 2.75) is 39.0 Å². The van der Waals surface area contributed by atoms with Crippen LogP contribution in [0.3, 0.4) is 0 Å². The molecule has 5 nitrogen and oxygen atoms in total. The van der Waals surface area contributed by atoms with Gasteiger partial charge in [-0.15, -0.1) is 0 Å². The van der Waals surface area contributed by atoms with Crippen LogP contribution in [-0.4, -0.2) is 27.2 Å². The molecule has 0 radical (unpaired) electrons. The van der Waals surface area contributed by atoms with Crippen LogP contribution in [0.25, 0.3) is 18.0 Å². The molecule has 0 saturated heterocycles. The third-order valence-electron chi connectivity index (χ3n) is 7.33. The molecule has 2 aromatic heterocycles. The van der Waals surface area contributed by atoms with E-state index in [1.165, 1.54) is 17.5 Å². The number of pyridine rings is 1. The summed E-state index contributed by atoms with van der Waals surface area (Å²) in [5.74, 6) is 1.97. The molecule has 2 unspecified atom stereocenters. The Morgan fingerprint density at radius 2 is 2.18 bits per heavy atom. The van der Waals surface area contributed by atoms with E-state index in [-0.39, 0.29) is 11.3 Å². The van der Waals surface area contributed by atoms with Crippen molar-refractivity contribution in [1.82, 2.24) is 20.1 Å². The number of benzene rings is 1. The molecule has 1 N–H and O–H groups in total. The molecule has 33 heavy (non-hydrogen) atoms. The van der Waals surface area contributed by atoms with Gasteiger partial charge >= 0.3 is 0 Å². The Balaban J connectivity index is 1.20. The van der Waals surface area contributed by atoms with E-state index in [2.05, 4.69) is 60.7 Å². The Bertz CT molecular complexity index is 1400. The summed E-state index contributed by atoms with van der Waals surface area (Å²) in [6, 6.07) is 12.2. The highest BCUT2D eigenvalue weighted by Gasteiger charge is 2.32. The first kappa shape index (κ1) is 20.2. The van der Waals surface area contributed by atoms with Crippen LogP contribution in [0.1, 0.15) is 54.1 Å². The average molecular weight is 437 g/mol. The zero-order chi connectivity index (χ0) is 22.6. The van der Waals surface area contributed by atoms with Crippen molar-refractivity contribution in [1.29, 1.82) is 0 Å². The number of fused-ring (bicyclic) bond motifs is 3. The first-order valence-corrected chi connectivity index (χ1v) is 11.8. The minimum absolute atomic E-state index is 0.00250. The van der Waals surface area contributed by atoms with Gasteiger partial charge in [0.1, 0.15) is 0 Å². The zero-order valence-electron chi connectivity index (χ0n) is 19.1. The van der Waals surface area contributed by atoms with Crippen LogP contribution in [0.5, 0.6) is 0 Å². The number of carbonyl (C=O) groups excluding carboxylic acids is 1. The molecular weight excluding hydrogens is 408 g/mol. The second-order valence-corrected chi connectivity index (χ2v) is 10.1. The number of amides is 1. The van der Waals surface area contributed by atoms with E-state index in [0.717, 1.165) is 34.8 Å². The van der Waals surface area contributed by atoms with Gasteiger partial charge in [-0.2, -0.15) is 5.10 Å². The van der Waals surface area contributed by atoms with Gasteiger partial charge in [0, 0.05) is 29.9 Å². The van der Waals surface area contributed by atoms with Gasteiger partial charge in [0.05, 0.1) is 5.35 Å². The van der Waals surface area contributed by atoms with E-state index in [1.807, 2.05) is 24.4 Å². The molecule has 0 bridgehead atoms. The van der Waals surface area contributed by atoms with E-state index in [0.29, 0.717) is 18.4 Å². The molecule has 3 aromatic rings. The van der Waals surface area contributed by atoms with E-state index in [1.54, 1.807) is 16.5 Å². The van der Waals surface area contributed by atoms with Crippen LogP contribution in [0, 0.1) is 11.3 Å². The van der Waals surface area contributed by atoms with Crippen LogP contribution in [0.2, 0.25) is 0 Å². The quantitative estimate of drug-likeness (QED) is 0.639. The van der Waals surface area contributed by atoms with Crippen molar-refractivity contribution in [3.05, 3.63) is 87.7 Å². The molecule has 0 saturated carbocycles. The summed E-state index contributed by atoms with van der Waals surface area (Å²) in [6.45, 7) is 5.02. The van der Waals surface area contributed by atoms with Crippen molar-refractivity contribution in [2.75, 3.05) is 6.54 Å². The SMILES string of the molecule is C[C@H]1CC2C=C2Cc2ccc(C(=O)NCC3(C)C=c4nc(-n5cccn5)ccc4=CC3)cc21. The topological polar surface area (TPSA) is 59.8 Å². The number of nitrogens with one attached hydrogen (secondary N) is 1. The first-order chi connectivity index (χ1) is 16.0. The largest absolute Gasteiger partial charge is 0.351 e. The molecule has 0 fully saturated rings. The Hall–Kier alpha value is -3.47. The molecule has 3 aliphatic rings. The molecule has 1 amide bonds. The summed E-state index contributed by atoms with van der Waals surface area (Å²) >= 11 is 0. The summed E-state index contributed by atoms with van der Waals surface area (Å²) < 4.78 is 1.77. The first-order valence-electron chi connectivity index (χ1n) is 11.8. The van der Waals surface area contributed by atoms with Crippen LogP contribution < -0.4 is 15.9 Å². The summed E-state index contributed by atoms with van der Waals surface area (Å²) in [5.41, 5.74) is 4.85. The van der Waals surface area contributed by atoms with Gasteiger partial charge in [0.25, 0.3) is 5.91 Å². The maximum absolute atomic E-state index is 13.1. The fourth-order valence-corrected chi connectivity index (χ4v) is 5.24. The predicted octanol–water partition coefficient (Wildman–Crippen LogP) is 3.27. The Morgan fingerprint density at radius 3 is 3.03 bits per heavy atom. The molecule has 5 heteroatoms. The van der Waals surface area contributed by atoms with Crippen molar-refractivity contribution in [3.8, 4) is 5.82 Å². The normalized spacial score (nSPS) is 24.7. The van der Waals surface area contributed by atoms with Crippen LogP contribution >= 0.6 is 0 Å². The highest BCUT2D eigenvalue weighted by Crippen LogP contribution is 2.44. The van der Waals surface area contributed by atoms with Gasteiger partial charge in [-0.3, -0.25) is 4.79 Å². The standard InChI is InChI=1S/C28H28N4O/c1-18-12-22-14-23(22)13-20-4-5-21(15-24(18)20)27(33)29-17-28(2)9-8-19-6-7-26(31-25(19)16-28)32-11-3-10-30-32/h3-8,10-11,14-16,18,22H,9,12-13,17H2,1-2H3,(H,29,33)/t18-,22?,28?/m0/s1. The number of aromatic nitrogens is 3. The number of hydrogen-bond acceptors (Lipinski definition) is 3. The third kappa shape index (κ3) is 3.82. The smallest absolute Gasteiger partial charge is 0.251 e. The Morgan fingerprint density at radius 1 is 1.27 bits per heavy atom. The van der Waals surface area contributed by atoms with Gasteiger partial charge in [0.15, 0.2) is 5.82 Å². The van der Waals surface area contributed by atoms with E-state index in [9.17, 15) is 4.79 Å². The Labute approximate surface area is 193 Å². The van der Waals surface area contributed by atoms with E-state index in [4.69, 9.17) is 4.98 Å². The summed E-state index contributed by atoms with van der Waals surface area (Å²) in [5, 5.41) is 9.54. The monoisotopic (exact) mass is 436 g/mol. The summed E-state index contributed by atoms with van der Waals surface area (Å²) in [4.78, 5) is 17.9. The van der Waals surface area contributed by atoms with Crippen molar-refractivity contribution in [2.24, 2.45) is 11.3 Å². The van der Waals surface area contributed by atoms with Crippen molar-refractivity contribution >= 4 is 18.1 Å². The lowest BCUT2D eigenvalue weighted by Crippen LogP contribution is -2.41. The fourth-order valence-electron chi connectivity index (χ4n) is 5.24. The second kappa shape index (κ2) is 7.55. The van der Waals surface area contributed by atoms with Crippen LogP contribution in [0.15, 0.2) is 60.4 Å². The van der Waals surface area contributed by atoms with Gasteiger partial charge in [-0.1, -0.05) is 43.7 Å². The molecule has 2 heterocycles. The second-order valence-electron chi connectivity index (χ2n) is 10.1. The molecular formula is C28H28N4O. The van der Waals surface area contributed by atoms with Gasteiger partial charge in [-0.25, -0.2) is 9.67 Å². The van der Waals surface area contributed by atoms with Crippen LogP contribution in [-0.2, 0) is 6.42 Å². The predicted molar refractivity (Wildman–Crippen MR) is 129 cm³/mol. The molecule has 0 aliphatic heterocycles. The van der Waals surface area contributed by atoms with Crippen molar-refractivity contribution in [3.63, 3.8) is 0 Å². The van der Waals surface area contributed by atoms with Gasteiger partial charge < -0.3 is 5.32 Å². The summed E-state index contributed by atoms with van der Waals surface area (Å²) in [7, 11) is 0. The lowest BCUT2D eigenvalue weighted by atomic mass is 9.83. The third-order valence-corrected chi connectivity index (χ3v) is 7.33. The molecule has 1 aromatic carbocycles. The van der Waals surface area contributed by atoms with E-state index < -0.39 is 0 Å².